The van der Waals surface area contributed by atoms with Crippen LogP contribution in [0.5, 0.6) is 5.75 Å². The number of nitrogens with two attached hydrogens (primary N) is 1. The third kappa shape index (κ3) is 2.89. The maximum Gasteiger partial charge on any atom is 0.243 e. The highest BCUT2D eigenvalue weighted by molar-refractivity contribution is 5.88. The number of benzene rings is 1. The molecule has 0 aromatic heterocycles. The van der Waals surface area contributed by atoms with Crippen molar-refractivity contribution >= 4 is 11.6 Å². The molecule has 0 saturated heterocycles. The highest BCUT2D eigenvalue weighted by Gasteiger charge is 2.42. The molecule has 1 aliphatic carbocycles. The molecule has 4 heteroatoms. The SMILES string of the molecule is COc1cccc(NC2(C(N)=O)CCC(C)C(C)C2)c1. The fraction of sp³-hybridized carbons (Fsp3) is 0.562. The molecule has 3 N–H and O–H groups in total. The van der Waals surface area contributed by atoms with Gasteiger partial charge in [0.1, 0.15) is 11.3 Å². The number of methoxy groups -OCH3 is 1. The number of ether oxygens (including phenoxy) is 1. The van der Waals surface area contributed by atoms with Crippen molar-refractivity contribution in [1.29, 1.82) is 0 Å². The molecule has 1 aromatic carbocycles. The minimum atomic E-state index is -0.641. The van der Waals surface area contributed by atoms with Crippen LogP contribution in [0.1, 0.15) is 33.1 Å². The molecule has 3 unspecified atom stereocenters. The van der Waals surface area contributed by atoms with Crippen molar-refractivity contribution in [1.82, 2.24) is 0 Å². The Morgan fingerprint density at radius 3 is 2.75 bits per heavy atom. The van der Waals surface area contributed by atoms with Gasteiger partial charge in [-0.05, 0) is 43.2 Å². The van der Waals surface area contributed by atoms with Gasteiger partial charge in [-0.25, -0.2) is 0 Å². The van der Waals surface area contributed by atoms with E-state index in [2.05, 4.69) is 19.2 Å². The van der Waals surface area contributed by atoms with Crippen LogP contribution in [0.25, 0.3) is 0 Å². The number of hydrogen-bond donors (Lipinski definition) is 2. The van der Waals surface area contributed by atoms with Crippen LogP contribution in [-0.4, -0.2) is 18.6 Å². The minimum absolute atomic E-state index is 0.265. The normalized spacial score (nSPS) is 29.8. The van der Waals surface area contributed by atoms with Gasteiger partial charge in [-0.3, -0.25) is 4.79 Å². The van der Waals surface area contributed by atoms with E-state index in [-0.39, 0.29) is 5.91 Å². The predicted molar refractivity (Wildman–Crippen MR) is 80.7 cm³/mol. The van der Waals surface area contributed by atoms with Crippen LogP contribution in [0.15, 0.2) is 24.3 Å². The summed E-state index contributed by atoms with van der Waals surface area (Å²) in [6.45, 7) is 4.43. The van der Waals surface area contributed by atoms with E-state index < -0.39 is 5.54 Å². The van der Waals surface area contributed by atoms with Crippen molar-refractivity contribution in [2.24, 2.45) is 17.6 Å². The van der Waals surface area contributed by atoms with Crippen LogP contribution in [-0.2, 0) is 4.79 Å². The lowest BCUT2D eigenvalue weighted by atomic mass is 9.70. The van der Waals surface area contributed by atoms with Gasteiger partial charge < -0.3 is 15.8 Å². The molecule has 0 bridgehead atoms. The molecule has 110 valence electrons. The van der Waals surface area contributed by atoms with E-state index in [0.717, 1.165) is 30.7 Å². The molecule has 4 nitrogen and oxygen atoms in total. The quantitative estimate of drug-likeness (QED) is 0.888. The van der Waals surface area contributed by atoms with Gasteiger partial charge >= 0.3 is 0 Å². The molecule has 0 aliphatic heterocycles. The zero-order chi connectivity index (χ0) is 14.8. The number of rotatable bonds is 4. The third-order valence-corrected chi connectivity index (χ3v) is 4.59. The van der Waals surface area contributed by atoms with Crippen LogP contribution in [0.2, 0.25) is 0 Å². The van der Waals surface area contributed by atoms with Gasteiger partial charge in [0.15, 0.2) is 0 Å². The Hall–Kier alpha value is -1.71. The molecular formula is C16H24N2O2. The molecule has 1 fully saturated rings. The van der Waals surface area contributed by atoms with Crippen LogP contribution < -0.4 is 15.8 Å². The van der Waals surface area contributed by atoms with Gasteiger partial charge in [0, 0.05) is 11.8 Å². The van der Waals surface area contributed by atoms with Crippen molar-refractivity contribution in [2.45, 2.75) is 38.6 Å². The topological polar surface area (TPSA) is 64.3 Å². The van der Waals surface area contributed by atoms with Crippen LogP contribution in [0.4, 0.5) is 5.69 Å². The monoisotopic (exact) mass is 276 g/mol. The molecule has 3 atom stereocenters. The van der Waals surface area contributed by atoms with Gasteiger partial charge in [-0.15, -0.1) is 0 Å². The summed E-state index contributed by atoms with van der Waals surface area (Å²) in [4.78, 5) is 12.0. The van der Waals surface area contributed by atoms with Crippen LogP contribution in [0, 0.1) is 11.8 Å². The molecule has 20 heavy (non-hydrogen) atoms. The first-order valence-corrected chi connectivity index (χ1v) is 7.19. The summed E-state index contributed by atoms with van der Waals surface area (Å²) in [5.41, 5.74) is 5.93. The molecule has 0 radical (unpaired) electrons. The van der Waals surface area contributed by atoms with E-state index in [4.69, 9.17) is 10.5 Å². The Morgan fingerprint density at radius 2 is 2.15 bits per heavy atom. The fourth-order valence-electron chi connectivity index (χ4n) is 2.99. The zero-order valence-corrected chi connectivity index (χ0v) is 12.5. The summed E-state index contributed by atoms with van der Waals surface area (Å²) in [5.74, 6) is 1.62. The third-order valence-electron chi connectivity index (χ3n) is 4.59. The lowest BCUT2D eigenvalue weighted by Gasteiger charge is -2.41. The predicted octanol–water partition coefficient (Wildman–Crippen LogP) is 2.79. The van der Waals surface area contributed by atoms with Gasteiger partial charge in [0.2, 0.25) is 5.91 Å². The number of nitrogens with one attached hydrogen (secondary N) is 1. The maximum absolute atomic E-state index is 12.0. The minimum Gasteiger partial charge on any atom is -0.497 e. The van der Waals surface area contributed by atoms with E-state index in [0.29, 0.717) is 11.8 Å². The Bertz CT molecular complexity index is 489. The summed E-state index contributed by atoms with van der Waals surface area (Å²) < 4.78 is 5.22. The van der Waals surface area contributed by atoms with Crippen LogP contribution in [0.3, 0.4) is 0 Å². The molecule has 1 amide bonds. The highest BCUT2D eigenvalue weighted by atomic mass is 16.5. The maximum atomic E-state index is 12.0. The largest absolute Gasteiger partial charge is 0.497 e. The molecule has 2 rings (SSSR count). The zero-order valence-electron chi connectivity index (χ0n) is 12.5. The number of amides is 1. The van der Waals surface area contributed by atoms with Gasteiger partial charge in [-0.1, -0.05) is 19.9 Å². The summed E-state index contributed by atoms with van der Waals surface area (Å²) in [6.07, 6.45) is 2.58. The lowest BCUT2D eigenvalue weighted by molar-refractivity contribution is -0.124. The lowest BCUT2D eigenvalue weighted by Crippen LogP contribution is -2.54. The fourth-order valence-corrected chi connectivity index (χ4v) is 2.99. The van der Waals surface area contributed by atoms with Crippen molar-refractivity contribution in [3.63, 3.8) is 0 Å². The van der Waals surface area contributed by atoms with Gasteiger partial charge in [0.05, 0.1) is 7.11 Å². The molecule has 0 spiro atoms. The van der Waals surface area contributed by atoms with Crippen molar-refractivity contribution in [3.8, 4) is 5.75 Å². The van der Waals surface area contributed by atoms with Crippen molar-refractivity contribution < 1.29 is 9.53 Å². The second-order valence-electron chi connectivity index (χ2n) is 6.00. The average molecular weight is 276 g/mol. The molecular weight excluding hydrogens is 252 g/mol. The van der Waals surface area contributed by atoms with Gasteiger partial charge in [0.25, 0.3) is 0 Å². The molecule has 0 heterocycles. The van der Waals surface area contributed by atoms with E-state index in [1.54, 1.807) is 7.11 Å². The number of primary amides is 1. The van der Waals surface area contributed by atoms with E-state index in [1.807, 2.05) is 24.3 Å². The first-order chi connectivity index (χ1) is 9.47. The van der Waals surface area contributed by atoms with Crippen LogP contribution >= 0.6 is 0 Å². The van der Waals surface area contributed by atoms with Gasteiger partial charge in [-0.2, -0.15) is 0 Å². The molecule has 1 saturated carbocycles. The number of anilines is 1. The first-order valence-electron chi connectivity index (χ1n) is 7.19. The standard InChI is InChI=1S/C16H24N2O2/c1-11-7-8-16(15(17)19,10-12(11)2)18-13-5-4-6-14(9-13)20-3/h4-6,9,11-12,18H,7-8,10H2,1-3H3,(H2,17,19). The van der Waals surface area contributed by atoms with E-state index in [1.165, 1.54) is 0 Å². The second-order valence-corrected chi connectivity index (χ2v) is 6.00. The highest BCUT2D eigenvalue weighted by Crippen LogP contribution is 2.38. The summed E-state index contributed by atoms with van der Waals surface area (Å²) >= 11 is 0. The number of carbonyl (C=O) groups excluding carboxylic acids is 1. The Kier molecular flexibility index (Phi) is 4.21. The summed E-state index contributed by atoms with van der Waals surface area (Å²) in [5, 5.41) is 3.36. The summed E-state index contributed by atoms with van der Waals surface area (Å²) in [7, 11) is 1.63. The average Bonchev–Trinajstić information content (AvgIpc) is 2.43. The smallest absolute Gasteiger partial charge is 0.243 e. The molecule has 1 aliphatic rings. The van der Waals surface area contributed by atoms with E-state index >= 15 is 0 Å². The Balaban J connectivity index is 2.23. The Labute approximate surface area is 120 Å². The van der Waals surface area contributed by atoms with Crippen molar-refractivity contribution in [2.75, 3.05) is 12.4 Å². The van der Waals surface area contributed by atoms with Crippen molar-refractivity contribution in [3.05, 3.63) is 24.3 Å². The second kappa shape index (κ2) is 5.73. The summed E-state index contributed by atoms with van der Waals surface area (Å²) in [6, 6.07) is 7.63. The Morgan fingerprint density at radius 1 is 1.40 bits per heavy atom. The number of carbonyl (C=O) groups is 1. The first kappa shape index (κ1) is 14.7. The number of hydrogen-bond acceptors (Lipinski definition) is 3. The van der Waals surface area contributed by atoms with E-state index in [9.17, 15) is 4.79 Å². The molecule has 1 aromatic rings.